The number of nitrogens with zero attached hydrogens (tertiary/aromatic N) is 1. The average Bonchev–Trinajstić information content (AvgIpc) is 2.36. The lowest BCUT2D eigenvalue weighted by molar-refractivity contribution is -0.138. The molecule has 4 heteroatoms. The first-order valence-corrected chi connectivity index (χ1v) is 6.59. The van der Waals surface area contributed by atoms with Gasteiger partial charge in [0.25, 0.3) is 0 Å². The number of rotatable bonds is 8. The number of hydrogen-bond donors (Lipinski definition) is 1. The fourth-order valence-electron chi connectivity index (χ4n) is 2.18. The van der Waals surface area contributed by atoms with Gasteiger partial charge in [-0.3, -0.25) is 9.69 Å². The molecule has 1 aromatic rings. The van der Waals surface area contributed by atoms with Crippen LogP contribution in [0.25, 0.3) is 0 Å². The van der Waals surface area contributed by atoms with Crippen molar-refractivity contribution in [2.45, 2.75) is 39.5 Å². The van der Waals surface area contributed by atoms with Gasteiger partial charge >= 0.3 is 5.97 Å². The Balaban J connectivity index is 2.69. The fraction of sp³-hybridized carbons (Fsp3) is 0.533. The van der Waals surface area contributed by atoms with Crippen LogP contribution in [0.4, 0.5) is 0 Å². The van der Waals surface area contributed by atoms with Crippen LogP contribution in [0.1, 0.15) is 31.4 Å². The molecule has 1 N–H and O–H groups in total. The molecule has 0 radical (unpaired) electrons. The summed E-state index contributed by atoms with van der Waals surface area (Å²) >= 11 is 0. The van der Waals surface area contributed by atoms with Gasteiger partial charge in [-0.2, -0.15) is 0 Å². The van der Waals surface area contributed by atoms with Gasteiger partial charge in [0, 0.05) is 19.7 Å². The van der Waals surface area contributed by atoms with E-state index >= 15 is 0 Å². The van der Waals surface area contributed by atoms with Gasteiger partial charge in [-0.1, -0.05) is 31.2 Å². The predicted molar refractivity (Wildman–Crippen MR) is 75.0 cm³/mol. The van der Waals surface area contributed by atoms with Crippen molar-refractivity contribution in [1.29, 1.82) is 0 Å². The van der Waals surface area contributed by atoms with Crippen LogP contribution < -0.4 is 0 Å². The second-order valence-corrected chi connectivity index (χ2v) is 4.76. The average molecular weight is 265 g/mol. The summed E-state index contributed by atoms with van der Waals surface area (Å²) in [4.78, 5) is 12.9. The zero-order chi connectivity index (χ0) is 14.3. The molecule has 106 valence electrons. The van der Waals surface area contributed by atoms with Crippen LogP contribution in [0.15, 0.2) is 24.3 Å². The Morgan fingerprint density at radius 2 is 2.11 bits per heavy atom. The molecule has 1 unspecified atom stereocenters. The summed E-state index contributed by atoms with van der Waals surface area (Å²) < 4.78 is 5.12. The van der Waals surface area contributed by atoms with Crippen molar-refractivity contribution >= 4 is 5.97 Å². The van der Waals surface area contributed by atoms with Crippen molar-refractivity contribution in [2.75, 3.05) is 13.7 Å². The number of carboxylic acid groups (broad SMARTS) is 1. The third kappa shape index (κ3) is 5.41. The Bertz CT molecular complexity index is 406. The normalized spacial score (nSPS) is 12.6. The Morgan fingerprint density at radius 1 is 1.42 bits per heavy atom. The van der Waals surface area contributed by atoms with Gasteiger partial charge in [0.15, 0.2) is 0 Å². The van der Waals surface area contributed by atoms with Crippen molar-refractivity contribution in [3.05, 3.63) is 35.4 Å². The monoisotopic (exact) mass is 265 g/mol. The zero-order valence-electron chi connectivity index (χ0n) is 11.9. The second kappa shape index (κ2) is 7.92. The molecule has 0 aliphatic heterocycles. The number of methoxy groups -OCH3 is 1. The van der Waals surface area contributed by atoms with E-state index in [0.717, 1.165) is 18.7 Å². The summed E-state index contributed by atoms with van der Waals surface area (Å²) in [5.41, 5.74) is 2.33. The smallest absolute Gasteiger partial charge is 0.304 e. The van der Waals surface area contributed by atoms with Gasteiger partial charge in [-0.05, 0) is 24.6 Å². The third-order valence-corrected chi connectivity index (χ3v) is 3.19. The summed E-state index contributed by atoms with van der Waals surface area (Å²) in [6.45, 7) is 6.21. The number of hydrogen-bond acceptors (Lipinski definition) is 3. The van der Waals surface area contributed by atoms with Crippen LogP contribution >= 0.6 is 0 Å². The van der Waals surface area contributed by atoms with E-state index in [1.165, 1.54) is 5.56 Å². The van der Waals surface area contributed by atoms with E-state index in [2.05, 4.69) is 24.0 Å². The van der Waals surface area contributed by atoms with Gasteiger partial charge in [-0.25, -0.2) is 0 Å². The first-order valence-electron chi connectivity index (χ1n) is 6.59. The summed E-state index contributed by atoms with van der Waals surface area (Å²) in [6.07, 6.45) is 0.172. The van der Waals surface area contributed by atoms with Crippen molar-refractivity contribution in [3.8, 4) is 0 Å². The molecule has 0 heterocycles. The molecule has 0 fully saturated rings. The highest BCUT2D eigenvalue weighted by atomic mass is 16.5. The maximum atomic E-state index is 10.8. The van der Waals surface area contributed by atoms with E-state index in [1.54, 1.807) is 7.11 Å². The Labute approximate surface area is 115 Å². The summed E-state index contributed by atoms with van der Waals surface area (Å²) in [6, 6.07) is 8.26. The molecule has 0 spiro atoms. The zero-order valence-corrected chi connectivity index (χ0v) is 11.9. The molecule has 0 aromatic heterocycles. The molecule has 4 nitrogen and oxygen atoms in total. The molecule has 1 atom stereocenters. The minimum Gasteiger partial charge on any atom is -0.481 e. The minimum absolute atomic E-state index is 0.0357. The van der Waals surface area contributed by atoms with E-state index < -0.39 is 5.97 Å². The van der Waals surface area contributed by atoms with Gasteiger partial charge < -0.3 is 9.84 Å². The lowest BCUT2D eigenvalue weighted by Crippen LogP contribution is -2.34. The van der Waals surface area contributed by atoms with Gasteiger partial charge in [-0.15, -0.1) is 0 Å². The third-order valence-electron chi connectivity index (χ3n) is 3.19. The number of carboxylic acids is 1. The van der Waals surface area contributed by atoms with Crippen molar-refractivity contribution in [1.82, 2.24) is 4.90 Å². The molecule has 0 bridgehead atoms. The standard InChI is InChI=1S/C15H23NO3/c1-4-16(12(2)8-15(17)18)10-13-6-5-7-14(9-13)11-19-3/h5-7,9,12H,4,8,10-11H2,1-3H3,(H,17,18). The summed E-state index contributed by atoms with van der Waals surface area (Å²) in [5, 5.41) is 8.87. The highest BCUT2D eigenvalue weighted by Crippen LogP contribution is 2.13. The lowest BCUT2D eigenvalue weighted by atomic mass is 10.1. The molecule has 1 aromatic carbocycles. The Morgan fingerprint density at radius 3 is 2.68 bits per heavy atom. The van der Waals surface area contributed by atoms with E-state index in [-0.39, 0.29) is 12.5 Å². The van der Waals surface area contributed by atoms with Crippen molar-refractivity contribution in [2.24, 2.45) is 0 Å². The molecule has 0 amide bonds. The Hall–Kier alpha value is -1.39. The maximum absolute atomic E-state index is 10.8. The minimum atomic E-state index is -0.751. The van der Waals surface area contributed by atoms with Crippen molar-refractivity contribution in [3.63, 3.8) is 0 Å². The molecule has 0 aliphatic carbocycles. The van der Waals surface area contributed by atoms with Crippen molar-refractivity contribution < 1.29 is 14.6 Å². The first kappa shape index (κ1) is 15.7. The SMILES string of the molecule is CCN(Cc1cccc(COC)c1)C(C)CC(=O)O. The van der Waals surface area contributed by atoms with Crippen LogP contribution in [-0.4, -0.2) is 35.7 Å². The van der Waals surface area contributed by atoms with Crippen LogP contribution in [0.2, 0.25) is 0 Å². The van der Waals surface area contributed by atoms with E-state index in [0.29, 0.717) is 6.61 Å². The number of aliphatic carboxylic acids is 1. The van der Waals surface area contributed by atoms with Crippen LogP contribution in [0.5, 0.6) is 0 Å². The number of benzene rings is 1. The number of ether oxygens (including phenoxy) is 1. The van der Waals surface area contributed by atoms with E-state index in [4.69, 9.17) is 9.84 Å². The summed E-state index contributed by atoms with van der Waals surface area (Å²) in [5.74, 6) is -0.751. The Kier molecular flexibility index (Phi) is 6.53. The van der Waals surface area contributed by atoms with Crippen LogP contribution in [-0.2, 0) is 22.7 Å². The first-order chi connectivity index (χ1) is 9.06. The highest BCUT2D eigenvalue weighted by Gasteiger charge is 2.15. The molecule has 0 aliphatic rings. The molecule has 0 saturated heterocycles. The lowest BCUT2D eigenvalue weighted by Gasteiger charge is -2.26. The molecule has 19 heavy (non-hydrogen) atoms. The predicted octanol–water partition coefficient (Wildman–Crippen LogP) is 2.52. The highest BCUT2D eigenvalue weighted by molar-refractivity contribution is 5.67. The van der Waals surface area contributed by atoms with Crippen LogP contribution in [0.3, 0.4) is 0 Å². The van der Waals surface area contributed by atoms with Gasteiger partial charge in [0.05, 0.1) is 13.0 Å². The fourth-order valence-corrected chi connectivity index (χ4v) is 2.18. The van der Waals surface area contributed by atoms with Crippen LogP contribution in [0, 0.1) is 0 Å². The van der Waals surface area contributed by atoms with Gasteiger partial charge in [0.2, 0.25) is 0 Å². The quantitative estimate of drug-likeness (QED) is 0.784. The molecular formula is C15H23NO3. The molecule has 0 saturated carbocycles. The number of carbonyl (C=O) groups is 1. The second-order valence-electron chi connectivity index (χ2n) is 4.76. The van der Waals surface area contributed by atoms with E-state index in [9.17, 15) is 4.79 Å². The largest absolute Gasteiger partial charge is 0.481 e. The maximum Gasteiger partial charge on any atom is 0.304 e. The van der Waals surface area contributed by atoms with Gasteiger partial charge in [0.1, 0.15) is 0 Å². The molecular weight excluding hydrogens is 242 g/mol. The molecule has 1 rings (SSSR count). The van der Waals surface area contributed by atoms with E-state index in [1.807, 2.05) is 19.1 Å². The topological polar surface area (TPSA) is 49.8 Å². The summed E-state index contributed by atoms with van der Waals surface area (Å²) in [7, 11) is 1.68.